The number of benzene rings is 2. The Bertz CT molecular complexity index is 523. The van der Waals surface area contributed by atoms with E-state index in [1.165, 1.54) is 11.1 Å². The molecule has 0 aliphatic heterocycles. The van der Waals surface area contributed by atoms with E-state index in [-0.39, 0.29) is 5.78 Å². The van der Waals surface area contributed by atoms with Crippen molar-refractivity contribution in [2.75, 3.05) is 0 Å². The largest absolute Gasteiger partial charge is 0.289 e. The second kappa shape index (κ2) is 4.96. The minimum Gasteiger partial charge on any atom is -0.289 e. The molecule has 0 unspecified atom stereocenters. The van der Waals surface area contributed by atoms with Crippen LogP contribution in [0.3, 0.4) is 0 Å². The normalized spacial score (nSPS) is 10.2. The number of ketones is 1. The molecule has 1 nitrogen and oxygen atoms in total. The second-order valence-electron chi connectivity index (χ2n) is 4.25. The summed E-state index contributed by atoms with van der Waals surface area (Å²) in [6.45, 7) is 4.11. The van der Waals surface area contributed by atoms with Gasteiger partial charge in [-0.1, -0.05) is 55.0 Å². The van der Waals surface area contributed by atoms with Gasteiger partial charge in [0.15, 0.2) is 5.78 Å². The highest BCUT2D eigenvalue weighted by Crippen LogP contribution is 2.13. The molecule has 0 fully saturated rings. The molecule has 0 aliphatic rings. The fraction of sp³-hybridized carbons (Fsp3) is 0.188. The molecule has 2 rings (SSSR count). The fourth-order valence-corrected chi connectivity index (χ4v) is 1.80. The number of hydrogen-bond acceptors (Lipinski definition) is 1. The third-order valence-corrected chi connectivity index (χ3v) is 2.91. The first-order chi connectivity index (χ1) is 8.20. The molecule has 0 saturated heterocycles. The predicted molar refractivity (Wildman–Crippen MR) is 70.4 cm³/mol. The average molecular weight is 224 g/mol. The predicted octanol–water partition coefficient (Wildman–Crippen LogP) is 3.79. The van der Waals surface area contributed by atoms with Crippen LogP contribution in [0.4, 0.5) is 0 Å². The zero-order valence-electron chi connectivity index (χ0n) is 10.2. The van der Waals surface area contributed by atoms with E-state index in [0.29, 0.717) is 0 Å². The van der Waals surface area contributed by atoms with E-state index in [0.717, 1.165) is 17.5 Å². The van der Waals surface area contributed by atoms with Crippen LogP contribution in [-0.2, 0) is 6.42 Å². The summed E-state index contributed by atoms with van der Waals surface area (Å²) in [7, 11) is 0. The van der Waals surface area contributed by atoms with E-state index >= 15 is 0 Å². The fourth-order valence-electron chi connectivity index (χ4n) is 1.80. The molecule has 1 heteroatoms. The van der Waals surface area contributed by atoms with Crippen LogP contribution in [-0.4, -0.2) is 5.78 Å². The monoisotopic (exact) mass is 224 g/mol. The first kappa shape index (κ1) is 11.6. The maximum Gasteiger partial charge on any atom is 0.193 e. The van der Waals surface area contributed by atoms with Gasteiger partial charge in [0.25, 0.3) is 0 Å². The third-order valence-electron chi connectivity index (χ3n) is 2.91. The van der Waals surface area contributed by atoms with Crippen molar-refractivity contribution >= 4 is 5.78 Å². The van der Waals surface area contributed by atoms with Gasteiger partial charge in [0.05, 0.1) is 0 Å². The van der Waals surface area contributed by atoms with Gasteiger partial charge < -0.3 is 0 Å². The van der Waals surface area contributed by atoms with E-state index in [4.69, 9.17) is 0 Å². The summed E-state index contributed by atoms with van der Waals surface area (Å²) in [5.41, 5.74) is 3.89. The van der Waals surface area contributed by atoms with Gasteiger partial charge in [-0.2, -0.15) is 0 Å². The lowest BCUT2D eigenvalue weighted by Gasteiger charge is -2.03. The zero-order valence-corrected chi connectivity index (χ0v) is 10.2. The summed E-state index contributed by atoms with van der Waals surface area (Å²) >= 11 is 0. The second-order valence-corrected chi connectivity index (χ2v) is 4.25. The van der Waals surface area contributed by atoms with Crippen LogP contribution >= 0.6 is 0 Å². The summed E-state index contributed by atoms with van der Waals surface area (Å²) in [6.07, 6.45) is 0.953. The van der Waals surface area contributed by atoms with Crippen LogP contribution in [0.2, 0.25) is 0 Å². The Hall–Kier alpha value is -1.89. The Balaban J connectivity index is 2.33. The van der Waals surface area contributed by atoms with Gasteiger partial charge >= 0.3 is 0 Å². The molecule has 0 spiro atoms. The van der Waals surface area contributed by atoms with Crippen LogP contribution in [0.5, 0.6) is 0 Å². The van der Waals surface area contributed by atoms with Crippen molar-refractivity contribution < 1.29 is 4.79 Å². The SMILES string of the molecule is CCc1cccc(C(=O)c2ccc(C)cc2)c1. The van der Waals surface area contributed by atoms with Crippen molar-refractivity contribution in [2.45, 2.75) is 20.3 Å². The van der Waals surface area contributed by atoms with Gasteiger partial charge in [0.2, 0.25) is 0 Å². The summed E-state index contributed by atoms with van der Waals surface area (Å²) in [5.74, 6) is 0.0975. The molecule has 0 aromatic heterocycles. The number of rotatable bonds is 3. The molecule has 86 valence electrons. The van der Waals surface area contributed by atoms with Crippen molar-refractivity contribution in [1.29, 1.82) is 0 Å². The van der Waals surface area contributed by atoms with E-state index in [2.05, 4.69) is 6.92 Å². The van der Waals surface area contributed by atoms with Crippen LogP contribution < -0.4 is 0 Å². The standard InChI is InChI=1S/C16H16O/c1-3-13-5-4-6-15(11-13)16(17)14-9-7-12(2)8-10-14/h4-11H,3H2,1-2H3. The van der Waals surface area contributed by atoms with E-state index in [1.807, 2.05) is 55.5 Å². The molecular formula is C16H16O. The summed E-state index contributed by atoms with van der Waals surface area (Å²) in [4.78, 5) is 12.2. The molecule has 0 atom stereocenters. The molecule has 0 saturated carbocycles. The maximum absolute atomic E-state index is 12.2. The van der Waals surface area contributed by atoms with Gasteiger partial charge in [0.1, 0.15) is 0 Å². The molecule has 0 N–H and O–H groups in total. The molecule has 0 radical (unpaired) electrons. The van der Waals surface area contributed by atoms with Crippen LogP contribution in [0.1, 0.15) is 34.0 Å². The highest BCUT2D eigenvalue weighted by molar-refractivity contribution is 6.09. The van der Waals surface area contributed by atoms with Crippen LogP contribution in [0.25, 0.3) is 0 Å². The van der Waals surface area contributed by atoms with E-state index in [9.17, 15) is 4.79 Å². The van der Waals surface area contributed by atoms with Gasteiger partial charge in [-0.3, -0.25) is 4.79 Å². The lowest BCUT2D eigenvalue weighted by atomic mass is 10.00. The van der Waals surface area contributed by atoms with Gasteiger partial charge in [-0.15, -0.1) is 0 Å². The molecule has 0 bridgehead atoms. The topological polar surface area (TPSA) is 17.1 Å². The van der Waals surface area contributed by atoms with Crippen molar-refractivity contribution in [3.8, 4) is 0 Å². The highest BCUT2D eigenvalue weighted by atomic mass is 16.1. The first-order valence-electron chi connectivity index (χ1n) is 5.91. The number of hydrogen-bond donors (Lipinski definition) is 0. The van der Waals surface area contributed by atoms with E-state index in [1.54, 1.807) is 0 Å². The Labute approximate surface area is 102 Å². The van der Waals surface area contributed by atoms with Crippen molar-refractivity contribution in [3.63, 3.8) is 0 Å². The highest BCUT2D eigenvalue weighted by Gasteiger charge is 2.08. The summed E-state index contributed by atoms with van der Waals surface area (Å²) in [5, 5.41) is 0. The quantitative estimate of drug-likeness (QED) is 0.725. The Kier molecular flexibility index (Phi) is 3.38. The van der Waals surface area contributed by atoms with Crippen molar-refractivity contribution in [1.82, 2.24) is 0 Å². The molecule has 0 heterocycles. The van der Waals surface area contributed by atoms with Crippen LogP contribution in [0, 0.1) is 6.92 Å². The van der Waals surface area contributed by atoms with E-state index < -0.39 is 0 Å². The van der Waals surface area contributed by atoms with Crippen LogP contribution in [0.15, 0.2) is 48.5 Å². The lowest BCUT2D eigenvalue weighted by molar-refractivity contribution is 0.103. The van der Waals surface area contributed by atoms with Crippen molar-refractivity contribution in [2.24, 2.45) is 0 Å². The average Bonchev–Trinajstić information content (AvgIpc) is 2.39. The molecule has 2 aromatic rings. The lowest BCUT2D eigenvalue weighted by Crippen LogP contribution is -2.01. The Morgan fingerprint density at radius 1 is 1.00 bits per heavy atom. The summed E-state index contributed by atoms with van der Waals surface area (Å²) in [6, 6.07) is 15.6. The van der Waals surface area contributed by atoms with Crippen molar-refractivity contribution in [3.05, 3.63) is 70.8 Å². The smallest absolute Gasteiger partial charge is 0.193 e. The third kappa shape index (κ3) is 2.62. The van der Waals surface area contributed by atoms with Gasteiger partial charge in [-0.05, 0) is 25.0 Å². The molecule has 0 amide bonds. The minimum absolute atomic E-state index is 0.0975. The Morgan fingerprint density at radius 3 is 2.35 bits per heavy atom. The van der Waals surface area contributed by atoms with Gasteiger partial charge in [-0.25, -0.2) is 0 Å². The number of aryl methyl sites for hydroxylation is 2. The number of carbonyl (C=O) groups excluding carboxylic acids is 1. The Morgan fingerprint density at radius 2 is 1.71 bits per heavy atom. The molecule has 0 aliphatic carbocycles. The first-order valence-corrected chi connectivity index (χ1v) is 5.91. The molecular weight excluding hydrogens is 208 g/mol. The molecule has 2 aromatic carbocycles. The maximum atomic E-state index is 12.2. The summed E-state index contributed by atoms with van der Waals surface area (Å²) < 4.78 is 0. The van der Waals surface area contributed by atoms with Gasteiger partial charge in [0, 0.05) is 11.1 Å². The minimum atomic E-state index is 0.0975. The zero-order chi connectivity index (χ0) is 12.3. The number of carbonyl (C=O) groups is 1. The molecule has 17 heavy (non-hydrogen) atoms.